The van der Waals surface area contributed by atoms with Gasteiger partial charge in [0.25, 0.3) is 5.91 Å². The lowest BCUT2D eigenvalue weighted by Crippen LogP contribution is -2.56. The maximum Gasteiger partial charge on any atom is 0.258 e. The van der Waals surface area contributed by atoms with Crippen LogP contribution in [0.3, 0.4) is 0 Å². The highest BCUT2D eigenvalue weighted by Gasteiger charge is 2.41. The van der Waals surface area contributed by atoms with Crippen molar-refractivity contribution in [3.63, 3.8) is 0 Å². The van der Waals surface area contributed by atoms with E-state index in [2.05, 4.69) is 19.2 Å². The van der Waals surface area contributed by atoms with Crippen molar-refractivity contribution >= 4 is 11.6 Å². The Morgan fingerprint density at radius 1 is 1.21 bits per heavy atom. The van der Waals surface area contributed by atoms with Crippen LogP contribution in [0.5, 0.6) is 5.75 Å². The van der Waals surface area contributed by atoms with Crippen LogP contribution in [0.1, 0.15) is 49.0 Å². The summed E-state index contributed by atoms with van der Waals surface area (Å²) in [6.07, 6.45) is 3.27. The molecule has 2 atom stereocenters. The summed E-state index contributed by atoms with van der Waals surface area (Å²) in [7, 11) is 0. The smallest absolute Gasteiger partial charge is 0.258 e. The van der Waals surface area contributed by atoms with Crippen molar-refractivity contribution in [3.05, 3.63) is 59.7 Å². The average molecular weight is 380 g/mol. The third-order valence-corrected chi connectivity index (χ3v) is 5.64. The zero-order chi connectivity index (χ0) is 19.6. The Balaban J connectivity index is 1.57. The number of nitrogens with zero attached hydrogens (tertiary/aromatic N) is 1. The molecule has 0 saturated carbocycles. The number of fused-ring (bicyclic) bond motifs is 1. The third kappa shape index (κ3) is 3.47. The number of benzene rings is 2. The zero-order valence-electron chi connectivity index (χ0n) is 16.6. The molecule has 2 aromatic rings. The fourth-order valence-corrected chi connectivity index (χ4v) is 4.07. The predicted octanol–water partition coefficient (Wildman–Crippen LogP) is 4.40. The second-order valence-electron chi connectivity index (χ2n) is 7.67. The molecule has 2 heterocycles. The SMILES string of the molecule is CCCN1C(=O)c2ccccc2NC1(C)c1ccc(OCC2CCCO2)cc1. The highest BCUT2D eigenvalue weighted by molar-refractivity contribution is 6.02. The van der Waals surface area contributed by atoms with Crippen molar-refractivity contribution in [2.24, 2.45) is 0 Å². The summed E-state index contributed by atoms with van der Waals surface area (Å²) in [6, 6.07) is 15.8. The van der Waals surface area contributed by atoms with Crippen LogP contribution < -0.4 is 10.1 Å². The fraction of sp³-hybridized carbons (Fsp3) is 0.435. The highest BCUT2D eigenvalue weighted by atomic mass is 16.5. The number of ether oxygens (including phenoxy) is 2. The summed E-state index contributed by atoms with van der Waals surface area (Å²) in [4.78, 5) is 15.1. The average Bonchev–Trinajstić information content (AvgIpc) is 3.24. The van der Waals surface area contributed by atoms with Gasteiger partial charge in [-0.1, -0.05) is 31.2 Å². The Bertz CT molecular complexity index is 830. The summed E-state index contributed by atoms with van der Waals surface area (Å²) in [6.45, 7) is 6.27. The molecular weight excluding hydrogens is 352 g/mol. The first-order valence-corrected chi connectivity index (χ1v) is 10.2. The van der Waals surface area contributed by atoms with Gasteiger partial charge in [-0.3, -0.25) is 4.79 Å². The van der Waals surface area contributed by atoms with E-state index in [1.54, 1.807) is 0 Å². The summed E-state index contributed by atoms with van der Waals surface area (Å²) < 4.78 is 11.5. The van der Waals surface area contributed by atoms with E-state index in [-0.39, 0.29) is 12.0 Å². The van der Waals surface area contributed by atoms with E-state index in [9.17, 15) is 4.79 Å². The van der Waals surface area contributed by atoms with E-state index in [1.807, 2.05) is 53.4 Å². The van der Waals surface area contributed by atoms with Gasteiger partial charge in [-0.25, -0.2) is 0 Å². The van der Waals surface area contributed by atoms with E-state index in [1.165, 1.54) is 0 Å². The van der Waals surface area contributed by atoms with E-state index < -0.39 is 5.66 Å². The van der Waals surface area contributed by atoms with Crippen LogP contribution in [-0.2, 0) is 10.4 Å². The minimum atomic E-state index is -0.603. The quantitative estimate of drug-likeness (QED) is 0.807. The number of rotatable bonds is 6. The topological polar surface area (TPSA) is 50.8 Å². The second kappa shape index (κ2) is 7.84. The van der Waals surface area contributed by atoms with Gasteiger partial charge in [0.1, 0.15) is 18.0 Å². The minimum Gasteiger partial charge on any atom is -0.491 e. The third-order valence-electron chi connectivity index (χ3n) is 5.64. The van der Waals surface area contributed by atoms with Crippen molar-refractivity contribution < 1.29 is 14.3 Å². The molecule has 4 rings (SSSR count). The van der Waals surface area contributed by atoms with Gasteiger partial charge < -0.3 is 19.7 Å². The number of nitrogens with one attached hydrogen (secondary N) is 1. The maximum absolute atomic E-state index is 13.2. The lowest BCUT2D eigenvalue weighted by Gasteiger charge is -2.46. The van der Waals surface area contributed by atoms with Crippen LogP contribution >= 0.6 is 0 Å². The number of para-hydroxylation sites is 1. The molecule has 2 unspecified atom stereocenters. The number of hydrogen-bond acceptors (Lipinski definition) is 4. The van der Waals surface area contributed by atoms with Gasteiger partial charge in [0.2, 0.25) is 0 Å². The van der Waals surface area contributed by atoms with Gasteiger partial charge >= 0.3 is 0 Å². The molecule has 2 aromatic carbocycles. The number of anilines is 1. The van der Waals surface area contributed by atoms with Gasteiger partial charge in [-0.05, 0) is 56.0 Å². The number of hydrogen-bond donors (Lipinski definition) is 1. The van der Waals surface area contributed by atoms with Crippen LogP contribution in [0.2, 0.25) is 0 Å². The summed E-state index contributed by atoms with van der Waals surface area (Å²) in [5.74, 6) is 0.893. The molecule has 0 aliphatic carbocycles. The van der Waals surface area contributed by atoms with Crippen LogP contribution in [0, 0.1) is 0 Å². The maximum atomic E-state index is 13.2. The molecule has 5 heteroatoms. The molecule has 0 spiro atoms. The van der Waals surface area contributed by atoms with Gasteiger partial charge in [0.05, 0.1) is 11.7 Å². The molecule has 2 aliphatic heterocycles. The first-order chi connectivity index (χ1) is 13.6. The standard InChI is InChI=1S/C23H28N2O3/c1-3-14-25-22(26)20-8-4-5-9-21(20)24-23(25,2)17-10-12-18(13-11-17)28-16-19-7-6-15-27-19/h4-5,8-13,19,24H,3,6-7,14-16H2,1-2H3. The Morgan fingerprint density at radius 2 is 2.00 bits per heavy atom. The van der Waals surface area contributed by atoms with Crippen LogP contribution in [0.15, 0.2) is 48.5 Å². The van der Waals surface area contributed by atoms with Crippen LogP contribution in [-0.4, -0.2) is 36.7 Å². The molecule has 1 saturated heterocycles. The van der Waals surface area contributed by atoms with Crippen LogP contribution in [0.4, 0.5) is 5.69 Å². The van der Waals surface area contributed by atoms with Crippen LogP contribution in [0.25, 0.3) is 0 Å². The minimum absolute atomic E-state index is 0.0670. The molecule has 28 heavy (non-hydrogen) atoms. The number of carbonyl (C=O) groups excluding carboxylic acids is 1. The molecule has 0 aromatic heterocycles. The number of carbonyl (C=O) groups is 1. The fourth-order valence-electron chi connectivity index (χ4n) is 4.07. The Hall–Kier alpha value is -2.53. The van der Waals surface area contributed by atoms with E-state index >= 15 is 0 Å². The molecular formula is C23H28N2O3. The molecule has 1 amide bonds. The second-order valence-corrected chi connectivity index (χ2v) is 7.67. The van der Waals surface area contributed by atoms with Gasteiger partial charge in [0.15, 0.2) is 0 Å². The van der Waals surface area contributed by atoms with Crippen molar-refractivity contribution in [2.45, 2.75) is 44.9 Å². The van der Waals surface area contributed by atoms with Crippen molar-refractivity contribution in [2.75, 3.05) is 25.1 Å². The summed E-state index contributed by atoms with van der Waals surface area (Å²) in [5.41, 5.74) is 2.04. The van der Waals surface area contributed by atoms with E-state index in [0.29, 0.717) is 13.2 Å². The van der Waals surface area contributed by atoms with Crippen molar-refractivity contribution in [3.8, 4) is 5.75 Å². The molecule has 1 N–H and O–H groups in total. The normalized spacial score (nSPS) is 24.0. The Kier molecular flexibility index (Phi) is 5.27. The van der Waals surface area contributed by atoms with Gasteiger partial charge in [0, 0.05) is 18.8 Å². The first kappa shape index (κ1) is 18.8. The van der Waals surface area contributed by atoms with Crippen molar-refractivity contribution in [1.29, 1.82) is 0 Å². The van der Waals surface area contributed by atoms with Gasteiger partial charge in [-0.2, -0.15) is 0 Å². The Morgan fingerprint density at radius 3 is 2.71 bits per heavy atom. The first-order valence-electron chi connectivity index (χ1n) is 10.2. The summed E-state index contributed by atoms with van der Waals surface area (Å²) in [5, 5.41) is 3.60. The zero-order valence-corrected chi connectivity index (χ0v) is 16.6. The lowest BCUT2D eigenvalue weighted by atomic mass is 9.93. The van der Waals surface area contributed by atoms with Gasteiger partial charge in [-0.15, -0.1) is 0 Å². The lowest BCUT2D eigenvalue weighted by molar-refractivity contribution is 0.0534. The molecule has 5 nitrogen and oxygen atoms in total. The molecule has 1 fully saturated rings. The number of amides is 1. The molecule has 0 radical (unpaired) electrons. The Labute approximate surface area is 166 Å². The molecule has 0 bridgehead atoms. The highest BCUT2D eigenvalue weighted by Crippen LogP contribution is 2.38. The summed E-state index contributed by atoms with van der Waals surface area (Å²) >= 11 is 0. The monoisotopic (exact) mass is 380 g/mol. The van der Waals surface area contributed by atoms with Crippen molar-refractivity contribution in [1.82, 2.24) is 4.90 Å². The predicted molar refractivity (Wildman–Crippen MR) is 110 cm³/mol. The van der Waals surface area contributed by atoms with E-state index in [0.717, 1.165) is 48.4 Å². The van der Waals surface area contributed by atoms with E-state index in [4.69, 9.17) is 9.47 Å². The molecule has 2 aliphatic rings. The largest absolute Gasteiger partial charge is 0.491 e. The molecule has 148 valence electrons.